The Balaban J connectivity index is 2.49. The average Bonchev–Trinajstić information content (AvgIpc) is 2.74. The summed E-state index contributed by atoms with van der Waals surface area (Å²) in [7, 11) is 1.53. The maximum absolute atomic E-state index is 11.6. The zero-order valence-electron chi connectivity index (χ0n) is 9.73. The highest BCUT2D eigenvalue weighted by atomic mass is 32.1. The minimum atomic E-state index is -0.320. The largest absolute Gasteiger partial charge is 0.393 e. The highest BCUT2D eigenvalue weighted by Gasteiger charge is 2.13. The molecule has 0 saturated heterocycles. The standard InChI is InChI=1S/C10H15N3O3S/c1-6(9(11)17)4-12-10(14)8-3-7(5-15-2)16-13-8/h3,6H,4-5H2,1-2H3,(H2,11,17)(H,12,14). The Morgan fingerprint density at radius 3 is 3.06 bits per heavy atom. The third kappa shape index (κ3) is 4.12. The number of amides is 1. The quantitative estimate of drug-likeness (QED) is 0.720. The molecule has 1 aromatic heterocycles. The molecule has 0 aliphatic heterocycles. The van der Waals surface area contributed by atoms with E-state index >= 15 is 0 Å². The molecule has 0 aliphatic rings. The van der Waals surface area contributed by atoms with Crippen molar-refractivity contribution in [3.63, 3.8) is 0 Å². The monoisotopic (exact) mass is 257 g/mol. The second kappa shape index (κ2) is 6.31. The van der Waals surface area contributed by atoms with E-state index in [1.165, 1.54) is 13.2 Å². The van der Waals surface area contributed by atoms with Gasteiger partial charge in [-0.3, -0.25) is 4.79 Å². The number of thiocarbonyl (C=S) groups is 1. The highest BCUT2D eigenvalue weighted by molar-refractivity contribution is 7.80. The van der Waals surface area contributed by atoms with Crippen molar-refractivity contribution < 1.29 is 14.1 Å². The zero-order chi connectivity index (χ0) is 12.8. The Morgan fingerprint density at radius 2 is 2.47 bits per heavy atom. The van der Waals surface area contributed by atoms with Crippen molar-refractivity contribution in [3.8, 4) is 0 Å². The first-order chi connectivity index (χ1) is 8.04. The minimum absolute atomic E-state index is 0.0562. The van der Waals surface area contributed by atoms with Crippen LogP contribution in [0.1, 0.15) is 23.2 Å². The number of nitrogens with two attached hydrogens (primary N) is 1. The van der Waals surface area contributed by atoms with E-state index in [2.05, 4.69) is 10.5 Å². The maximum atomic E-state index is 11.6. The molecule has 0 radical (unpaired) electrons. The topological polar surface area (TPSA) is 90.4 Å². The number of rotatable bonds is 6. The molecule has 1 heterocycles. The number of ether oxygens (including phenoxy) is 1. The van der Waals surface area contributed by atoms with E-state index in [0.29, 0.717) is 17.3 Å². The van der Waals surface area contributed by atoms with E-state index in [9.17, 15) is 4.79 Å². The second-order valence-corrected chi connectivity index (χ2v) is 4.10. The smallest absolute Gasteiger partial charge is 0.273 e. The van der Waals surface area contributed by atoms with Gasteiger partial charge in [-0.1, -0.05) is 24.3 Å². The number of hydrogen-bond acceptors (Lipinski definition) is 5. The molecule has 0 aliphatic carbocycles. The van der Waals surface area contributed by atoms with Gasteiger partial charge in [0.2, 0.25) is 0 Å². The Morgan fingerprint density at radius 1 is 1.76 bits per heavy atom. The van der Waals surface area contributed by atoms with Crippen molar-refractivity contribution in [3.05, 3.63) is 17.5 Å². The van der Waals surface area contributed by atoms with Crippen LogP contribution < -0.4 is 11.1 Å². The molecule has 0 spiro atoms. The van der Waals surface area contributed by atoms with Gasteiger partial charge in [-0.2, -0.15) is 0 Å². The third-order valence-corrected chi connectivity index (χ3v) is 2.54. The molecule has 1 aromatic rings. The minimum Gasteiger partial charge on any atom is -0.393 e. The molecular weight excluding hydrogens is 242 g/mol. The third-order valence-electron chi connectivity index (χ3n) is 2.13. The number of nitrogens with zero attached hydrogens (tertiary/aromatic N) is 1. The van der Waals surface area contributed by atoms with Crippen molar-refractivity contribution in [1.82, 2.24) is 10.5 Å². The number of carbonyl (C=O) groups excluding carboxylic acids is 1. The van der Waals surface area contributed by atoms with E-state index in [1.807, 2.05) is 6.92 Å². The fourth-order valence-electron chi connectivity index (χ4n) is 1.07. The van der Waals surface area contributed by atoms with Gasteiger partial charge < -0.3 is 20.3 Å². The summed E-state index contributed by atoms with van der Waals surface area (Å²) in [5, 5.41) is 6.29. The van der Waals surface area contributed by atoms with Crippen LogP contribution in [-0.2, 0) is 11.3 Å². The number of carbonyl (C=O) groups is 1. The average molecular weight is 257 g/mol. The summed E-state index contributed by atoms with van der Waals surface area (Å²) in [6, 6.07) is 1.53. The first kappa shape index (κ1) is 13.6. The molecule has 1 unspecified atom stereocenters. The van der Waals surface area contributed by atoms with Gasteiger partial charge in [-0.05, 0) is 0 Å². The van der Waals surface area contributed by atoms with Crippen molar-refractivity contribution in [2.24, 2.45) is 11.7 Å². The summed E-state index contributed by atoms with van der Waals surface area (Å²) in [6.07, 6.45) is 0. The summed E-state index contributed by atoms with van der Waals surface area (Å²) in [5.41, 5.74) is 5.65. The first-order valence-corrected chi connectivity index (χ1v) is 5.47. The van der Waals surface area contributed by atoms with E-state index < -0.39 is 0 Å². The number of hydrogen-bond donors (Lipinski definition) is 2. The molecule has 1 rings (SSSR count). The van der Waals surface area contributed by atoms with Crippen molar-refractivity contribution in [1.29, 1.82) is 0 Å². The Labute approximate surface area is 104 Å². The van der Waals surface area contributed by atoms with Crippen molar-refractivity contribution in [2.45, 2.75) is 13.5 Å². The van der Waals surface area contributed by atoms with Gasteiger partial charge in [0.25, 0.3) is 5.91 Å². The van der Waals surface area contributed by atoms with Gasteiger partial charge >= 0.3 is 0 Å². The Bertz CT molecular complexity index is 405. The Kier molecular flexibility index (Phi) is 5.05. The van der Waals surface area contributed by atoms with E-state index in [0.717, 1.165) is 0 Å². The number of nitrogens with one attached hydrogen (secondary N) is 1. The maximum Gasteiger partial charge on any atom is 0.273 e. The SMILES string of the molecule is COCc1cc(C(=O)NCC(C)C(N)=S)no1. The summed E-state index contributed by atoms with van der Waals surface area (Å²) in [4.78, 5) is 12.0. The van der Waals surface area contributed by atoms with E-state index in [-0.39, 0.29) is 24.1 Å². The van der Waals surface area contributed by atoms with Gasteiger partial charge in [0.05, 0.1) is 4.99 Å². The van der Waals surface area contributed by atoms with Crippen LogP contribution in [-0.4, -0.2) is 29.7 Å². The van der Waals surface area contributed by atoms with Crippen molar-refractivity contribution in [2.75, 3.05) is 13.7 Å². The molecule has 0 bridgehead atoms. The van der Waals surface area contributed by atoms with Crippen LogP contribution in [0.3, 0.4) is 0 Å². The molecular formula is C10H15N3O3S. The van der Waals surface area contributed by atoms with Gasteiger partial charge in [0.15, 0.2) is 11.5 Å². The molecule has 0 aromatic carbocycles. The Hall–Kier alpha value is -1.47. The predicted molar refractivity (Wildman–Crippen MR) is 65.5 cm³/mol. The summed E-state index contributed by atoms with van der Waals surface area (Å²) >= 11 is 4.80. The lowest BCUT2D eigenvalue weighted by Gasteiger charge is -2.09. The predicted octanol–water partition coefficient (Wildman–Crippen LogP) is 0.473. The molecule has 94 valence electrons. The molecule has 17 heavy (non-hydrogen) atoms. The van der Waals surface area contributed by atoms with E-state index in [4.69, 9.17) is 27.2 Å². The van der Waals surface area contributed by atoms with E-state index in [1.54, 1.807) is 0 Å². The van der Waals surface area contributed by atoms with Crippen LogP contribution in [0.15, 0.2) is 10.6 Å². The fourth-order valence-corrected chi connectivity index (χ4v) is 1.15. The van der Waals surface area contributed by atoms with Gasteiger partial charge in [-0.25, -0.2) is 0 Å². The molecule has 0 saturated carbocycles. The summed E-state index contributed by atoms with van der Waals surface area (Å²) in [6.45, 7) is 2.49. The normalized spacial score (nSPS) is 12.1. The van der Waals surface area contributed by atoms with Gasteiger partial charge in [0, 0.05) is 25.6 Å². The molecule has 6 nitrogen and oxygen atoms in total. The summed E-state index contributed by atoms with van der Waals surface area (Å²) < 4.78 is 9.75. The zero-order valence-corrected chi connectivity index (χ0v) is 10.5. The van der Waals surface area contributed by atoms with Crippen LogP contribution in [0.4, 0.5) is 0 Å². The molecule has 3 N–H and O–H groups in total. The van der Waals surface area contributed by atoms with Crippen LogP contribution in [0, 0.1) is 5.92 Å². The molecule has 0 fully saturated rings. The van der Waals surface area contributed by atoms with Crippen LogP contribution in [0.5, 0.6) is 0 Å². The lowest BCUT2D eigenvalue weighted by Crippen LogP contribution is -2.33. The molecule has 7 heteroatoms. The van der Waals surface area contributed by atoms with Gasteiger partial charge in [0.1, 0.15) is 6.61 Å². The highest BCUT2D eigenvalue weighted by Crippen LogP contribution is 2.04. The number of methoxy groups -OCH3 is 1. The molecule has 1 atom stereocenters. The first-order valence-electron chi connectivity index (χ1n) is 5.06. The van der Waals surface area contributed by atoms with Gasteiger partial charge in [-0.15, -0.1) is 0 Å². The lowest BCUT2D eigenvalue weighted by atomic mass is 10.2. The summed E-state index contributed by atoms with van der Waals surface area (Å²) in [5.74, 6) is 0.124. The molecule has 1 amide bonds. The van der Waals surface area contributed by atoms with Crippen molar-refractivity contribution >= 4 is 23.1 Å². The van der Waals surface area contributed by atoms with Crippen LogP contribution in [0.2, 0.25) is 0 Å². The van der Waals surface area contributed by atoms with Crippen LogP contribution in [0.25, 0.3) is 0 Å². The van der Waals surface area contributed by atoms with Crippen LogP contribution >= 0.6 is 12.2 Å². The number of aromatic nitrogens is 1. The fraction of sp³-hybridized carbons (Fsp3) is 0.500. The second-order valence-electron chi connectivity index (χ2n) is 3.62. The lowest BCUT2D eigenvalue weighted by molar-refractivity contribution is 0.0941.